The Bertz CT molecular complexity index is 918. The van der Waals surface area contributed by atoms with Crippen molar-refractivity contribution in [2.24, 2.45) is 4.99 Å². The summed E-state index contributed by atoms with van der Waals surface area (Å²) in [6, 6.07) is 12.8. The lowest BCUT2D eigenvalue weighted by Gasteiger charge is -2.10. The predicted molar refractivity (Wildman–Crippen MR) is 120 cm³/mol. The lowest BCUT2D eigenvalue weighted by Crippen LogP contribution is -2.21. The average molecular weight is 479 g/mol. The number of nitrogens with one attached hydrogen (secondary N) is 1. The molecule has 1 amide bonds. The van der Waals surface area contributed by atoms with Gasteiger partial charge in [0, 0.05) is 21.7 Å². The maximum atomic E-state index is 12.5. The summed E-state index contributed by atoms with van der Waals surface area (Å²) in [5.74, 6) is 0.776. The van der Waals surface area contributed by atoms with E-state index in [1.807, 2.05) is 31.2 Å². The summed E-state index contributed by atoms with van der Waals surface area (Å²) in [6.07, 6.45) is 0. The molecule has 1 heterocycles. The minimum atomic E-state index is -0.501. The number of hydrogen-bond donors (Lipinski definition) is 1. The Morgan fingerprint density at radius 1 is 1.29 bits per heavy atom. The minimum Gasteiger partial charge on any atom is -0.452 e. The van der Waals surface area contributed by atoms with Crippen LogP contribution in [0.1, 0.15) is 21.5 Å². The molecule has 3 rings (SSSR count). The van der Waals surface area contributed by atoms with Crippen LogP contribution in [0.4, 0.5) is 5.69 Å². The molecule has 5 nitrogen and oxygen atoms in total. The van der Waals surface area contributed by atoms with Gasteiger partial charge >= 0.3 is 5.97 Å². The van der Waals surface area contributed by atoms with Crippen LogP contribution in [0.15, 0.2) is 51.9 Å². The van der Waals surface area contributed by atoms with Crippen LogP contribution in [0, 0.1) is 6.92 Å². The van der Waals surface area contributed by atoms with E-state index in [0.29, 0.717) is 17.0 Å². The summed E-state index contributed by atoms with van der Waals surface area (Å²) in [5.41, 5.74) is 3.02. The molecule has 2 aromatic rings. The summed E-state index contributed by atoms with van der Waals surface area (Å²) in [7, 11) is 0. The van der Waals surface area contributed by atoms with Crippen molar-refractivity contribution in [2.75, 3.05) is 24.2 Å². The van der Waals surface area contributed by atoms with Crippen molar-refractivity contribution in [1.29, 1.82) is 0 Å². The molecule has 1 aliphatic rings. The molecular formula is C20H19BrN2O3S2. The number of anilines is 1. The van der Waals surface area contributed by atoms with Gasteiger partial charge in [0.15, 0.2) is 6.61 Å². The van der Waals surface area contributed by atoms with Crippen LogP contribution in [0.25, 0.3) is 0 Å². The second-order valence-corrected chi connectivity index (χ2v) is 9.19. The van der Waals surface area contributed by atoms with Gasteiger partial charge in [-0.3, -0.25) is 9.79 Å². The second kappa shape index (κ2) is 10.1. The van der Waals surface area contributed by atoms with Crippen molar-refractivity contribution in [3.05, 3.63) is 63.6 Å². The van der Waals surface area contributed by atoms with E-state index < -0.39 is 5.97 Å². The average Bonchev–Trinajstić information content (AvgIpc) is 3.21. The minimum absolute atomic E-state index is 0.335. The maximum absolute atomic E-state index is 12.5. The third kappa shape index (κ3) is 5.86. The Morgan fingerprint density at radius 3 is 2.86 bits per heavy atom. The van der Waals surface area contributed by atoms with Crippen LogP contribution in [-0.4, -0.2) is 35.2 Å². The van der Waals surface area contributed by atoms with E-state index in [-0.39, 0.29) is 12.5 Å². The Labute approximate surface area is 180 Å². The third-order valence-electron chi connectivity index (χ3n) is 3.92. The van der Waals surface area contributed by atoms with Crippen LogP contribution in [0.2, 0.25) is 0 Å². The van der Waals surface area contributed by atoms with Crippen molar-refractivity contribution >= 4 is 61.4 Å². The number of aryl methyl sites for hydroxylation is 1. The molecule has 146 valence electrons. The quantitative estimate of drug-likeness (QED) is 0.598. The number of benzene rings is 2. The SMILES string of the molecule is Cc1cc(NC(=O)COC(=O)c2ccccc2CSC2=NCCS2)ccc1Br. The lowest BCUT2D eigenvalue weighted by atomic mass is 10.1. The third-order valence-corrected chi connectivity index (χ3v) is 7.11. The second-order valence-electron chi connectivity index (χ2n) is 6.03. The van der Waals surface area contributed by atoms with Crippen LogP contribution < -0.4 is 5.32 Å². The molecule has 1 aliphatic heterocycles. The number of esters is 1. The summed E-state index contributed by atoms with van der Waals surface area (Å²) >= 11 is 6.77. The van der Waals surface area contributed by atoms with Gasteiger partial charge in [0.2, 0.25) is 0 Å². The molecule has 0 aromatic heterocycles. The first-order valence-electron chi connectivity index (χ1n) is 8.64. The molecule has 0 spiro atoms. The van der Waals surface area contributed by atoms with Crippen molar-refractivity contribution < 1.29 is 14.3 Å². The zero-order valence-electron chi connectivity index (χ0n) is 15.2. The molecule has 0 fully saturated rings. The highest BCUT2D eigenvalue weighted by Gasteiger charge is 2.16. The van der Waals surface area contributed by atoms with E-state index in [1.54, 1.807) is 41.7 Å². The van der Waals surface area contributed by atoms with Crippen molar-refractivity contribution in [3.63, 3.8) is 0 Å². The zero-order chi connectivity index (χ0) is 19.9. The molecule has 28 heavy (non-hydrogen) atoms. The van der Waals surface area contributed by atoms with Gasteiger partial charge in [0.05, 0.1) is 12.1 Å². The summed E-state index contributed by atoms with van der Waals surface area (Å²) < 4.78 is 7.24. The highest BCUT2D eigenvalue weighted by Crippen LogP contribution is 2.26. The summed E-state index contributed by atoms with van der Waals surface area (Å²) in [4.78, 5) is 29.0. The Kier molecular flexibility index (Phi) is 7.58. The molecule has 0 atom stereocenters. The molecule has 1 N–H and O–H groups in total. The number of carbonyl (C=O) groups is 2. The molecule has 2 aromatic carbocycles. The van der Waals surface area contributed by atoms with Gasteiger partial charge in [-0.15, -0.1) is 0 Å². The number of ether oxygens (including phenoxy) is 1. The van der Waals surface area contributed by atoms with Crippen LogP contribution in [-0.2, 0) is 15.3 Å². The number of hydrogen-bond acceptors (Lipinski definition) is 6. The number of nitrogens with zero attached hydrogens (tertiary/aromatic N) is 1. The fraction of sp³-hybridized carbons (Fsp3) is 0.250. The molecule has 8 heteroatoms. The molecule has 0 saturated carbocycles. The van der Waals surface area contributed by atoms with Crippen molar-refractivity contribution in [3.8, 4) is 0 Å². The van der Waals surface area contributed by atoms with E-state index in [2.05, 4.69) is 26.2 Å². The molecule has 0 unspecified atom stereocenters. The largest absolute Gasteiger partial charge is 0.452 e. The van der Waals surface area contributed by atoms with Crippen LogP contribution >= 0.6 is 39.5 Å². The summed E-state index contributed by atoms with van der Waals surface area (Å²) in [5, 5.41) is 2.73. The Hall–Kier alpha value is -1.77. The molecule has 0 radical (unpaired) electrons. The number of carbonyl (C=O) groups excluding carboxylic acids is 2. The van der Waals surface area contributed by atoms with Gasteiger partial charge in [-0.2, -0.15) is 0 Å². The number of rotatable bonds is 6. The Morgan fingerprint density at radius 2 is 2.11 bits per heavy atom. The first kappa shape index (κ1) is 21.0. The van der Waals surface area contributed by atoms with Gasteiger partial charge < -0.3 is 10.1 Å². The van der Waals surface area contributed by atoms with Crippen molar-refractivity contribution in [2.45, 2.75) is 12.7 Å². The van der Waals surface area contributed by atoms with Crippen LogP contribution in [0.3, 0.4) is 0 Å². The number of aliphatic imine (C=N–C) groups is 1. The molecular weight excluding hydrogens is 460 g/mol. The fourth-order valence-corrected chi connectivity index (χ4v) is 4.78. The number of thioether (sulfide) groups is 2. The highest BCUT2D eigenvalue weighted by atomic mass is 79.9. The molecule has 0 bridgehead atoms. The first-order valence-corrected chi connectivity index (χ1v) is 11.4. The molecule has 0 saturated heterocycles. The summed E-state index contributed by atoms with van der Waals surface area (Å²) in [6.45, 7) is 2.45. The number of amides is 1. The first-order chi connectivity index (χ1) is 13.5. The van der Waals surface area contributed by atoms with Gasteiger partial charge in [-0.25, -0.2) is 4.79 Å². The van der Waals surface area contributed by atoms with Gasteiger partial charge in [-0.1, -0.05) is 57.7 Å². The number of halogens is 1. The van der Waals surface area contributed by atoms with Crippen LogP contribution in [0.5, 0.6) is 0 Å². The monoisotopic (exact) mass is 478 g/mol. The van der Waals surface area contributed by atoms with E-state index in [1.165, 1.54) is 0 Å². The normalized spacial score (nSPS) is 13.1. The van der Waals surface area contributed by atoms with Gasteiger partial charge in [0.1, 0.15) is 4.38 Å². The van der Waals surface area contributed by atoms with E-state index in [9.17, 15) is 9.59 Å². The Balaban J connectivity index is 1.55. The highest BCUT2D eigenvalue weighted by molar-refractivity contribution is 9.10. The van der Waals surface area contributed by atoms with Gasteiger partial charge in [0.25, 0.3) is 5.91 Å². The van der Waals surface area contributed by atoms with E-state index in [4.69, 9.17) is 4.74 Å². The standard InChI is InChI=1S/C20H19BrN2O3S2/c1-13-10-15(6-7-17(13)21)23-18(24)11-26-19(25)16-5-3-2-4-14(16)12-28-20-22-8-9-27-20/h2-7,10H,8-9,11-12H2,1H3,(H,23,24). The smallest absolute Gasteiger partial charge is 0.338 e. The van der Waals surface area contributed by atoms with E-state index >= 15 is 0 Å². The van der Waals surface area contributed by atoms with Gasteiger partial charge in [-0.05, 0) is 42.3 Å². The zero-order valence-corrected chi connectivity index (χ0v) is 18.5. The fourth-order valence-electron chi connectivity index (χ4n) is 2.52. The van der Waals surface area contributed by atoms with Crippen molar-refractivity contribution in [1.82, 2.24) is 0 Å². The topological polar surface area (TPSA) is 67.8 Å². The van der Waals surface area contributed by atoms with E-state index in [0.717, 1.165) is 32.3 Å². The molecule has 0 aliphatic carbocycles. The maximum Gasteiger partial charge on any atom is 0.338 e. The predicted octanol–water partition coefficient (Wildman–Crippen LogP) is 4.89. The lowest BCUT2D eigenvalue weighted by molar-refractivity contribution is -0.119.